The second kappa shape index (κ2) is 4.05. The molecule has 0 aromatic heterocycles. The van der Waals surface area contributed by atoms with E-state index in [4.69, 9.17) is 0 Å². The molecule has 5 heteroatoms. The lowest BCUT2D eigenvalue weighted by molar-refractivity contribution is -0.00416. The third-order valence-electron chi connectivity index (χ3n) is 4.21. The highest BCUT2D eigenvalue weighted by Gasteiger charge is 2.49. The molecule has 0 radical (unpaired) electrons. The number of nitrogens with zero attached hydrogens (tertiary/aromatic N) is 1. The van der Waals surface area contributed by atoms with Crippen LogP contribution in [0.2, 0.25) is 0 Å². The van der Waals surface area contributed by atoms with Gasteiger partial charge in [-0.15, -0.1) is 0 Å². The van der Waals surface area contributed by atoms with Crippen LogP contribution in [0.5, 0.6) is 0 Å². The van der Waals surface area contributed by atoms with Gasteiger partial charge in [-0.1, -0.05) is 18.2 Å². The number of hydrogen-bond acceptors (Lipinski definition) is 3. The number of aliphatic hydroxyl groups excluding tert-OH is 1. The topological polar surface area (TPSA) is 57.6 Å². The zero-order valence-electron chi connectivity index (χ0n) is 10.3. The predicted octanol–water partition coefficient (Wildman–Crippen LogP) is 0.996. The second-order valence-electron chi connectivity index (χ2n) is 5.31. The number of sulfonamides is 1. The number of fused-ring (bicyclic) bond motifs is 1. The Morgan fingerprint density at radius 1 is 1.28 bits per heavy atom. The Kier molecular flexibility index (Phi) is 2.73. The van der Waals surface area contributed by atoms with E-state index in [0.29, 0.717) is 23.9 Å². The minimum Gasteiger partial charge on any atom is -0.393 e. The first kappa shape index (κ1) is 12.1. The van der Waals surface area contributed by atoms with Crippen LogP contribution in [-0.4, -0.2) is 37.0 Å². The van der Waals surface area contributed by atoms with E-state index in [0.717, 1.165) is 12.0 Å². The lowest BCUT2D eigenvalue weighted by Gasteiger charge is -2.34. The maximum Gasteiger partial charge on any atom is 0.243 e. The van der Waals surface area contributed by atoms with Crippen LogP contribution in [0.3, 0.4) is 0 Å². The van der Waals surface area contributed by atoms with Crippen LogP contribution in [0.4, 0.5) is 0 Å². The van der Waals surface area contributed by atoms with Gasteiger partial charge in [0.05, 0.1) is 11.0 Å². The summed E-state index contributed by atoms with van der Waals surface area (Å²) in [6.45, 7) is 2.83. The highest BCUT2D eigenvalue weighted by molar-refractivity contribution is 7.89. The Bertz CT molecular complexity index is 569. The first-order chi connectivity index (χ1) is 8.50. The second-order valence-corrected chi connectivity index (χ2v) is 7.22. The van der Waals surface area contributed by atoms with Crippen molar-refractivity contribution in [3.63, 3.8) is 0 Å². The summed E-state index contributed by atoms with van der Waals surface area (Å²) in [5.41, 5.74) is 0.775. The van der Waals surface area contributed by atoms with Crippen LogP contribution in [-0.2, 0) is 10.0 Å². The van der Waals surface area contributed by atoms with Crippen LogP contribution in [0.15, 0.2) is 29.2 Å². The van der Waals surface area contributed by atoms with Gasteiger partial charge >= 0.3 is 0 Å². The molecule has 4 nitrogen and oxygen atoms in total. The van der Waals surface area contributed by atoms with Gasteiger partial charge in [-0.2, -0.15) is 4.31 Å². The Morgan fingerprint density at radius 3 is 2.61 bits per heavy atom. The summed E-state index contributed by atoms with van der Waals surface area (Å²) in [4.78, 5) is 0.390. The lowest BCUT2D eigenvalue weighted by Crippen LogP contribution is -2.39. The molecule has 18 heavy (non-hydrogen) atoms. The van der Waals surface area contributed by atoms with Crippen LogP contribution in [0.1, 0.15) is 12.0 Å². The quantitative estimate of drug-likeness (QED) is 0.869. The van der Waals surface area contributed by atoms with Gasteiger partial charge in [0.25, 0.3) is 0 Å². The third-order valence-corrected chi connectivity index (χ3v) is 6.20. The normalized spacial score (nSPS) is 32.0. The summed E-state index contributed by atoms with van der Waals surface area (Å²) in [5.74, 6) is 0.489. The SMILES string of the molecule is Cc1ccccc1S(=O)(=O)N1C[C@H]2C[C@H](O)[C@H]2C1. The molecule has 1 aliphatic carbocycles. The van der Waals surface area contributed by atoms with Crippen molar-refractivity contribution < 1.29 is 13.5 Å². The lowest BCUT2D eigenvalue weighted by atomic mass is 9.74. The molecule has 1 aliphatic heterocycles. The van der Waals surface area contributed by atoms with Gasteiger partial charge in [0, 0.05) is 19.0 Å². The molecule has 1 saturated carbocycles. The molecule has 1 aromatic carbocycles. The maximum atomic E-state index is 12.5. The molecular weight excluding hydrogens is 250 g/mol. The van der Waals surface area contributed by atoms with E-state index in [1.807, 2.05) is 19.1 Å². The van der Waals surface area contributed by atoms with Gasteiger partial charge < -0.3 is 5.11 Å². The molecule has 3 rings (SSSR count). The van der Waals surface area contributed by atoms with Crippen LogP contribution < -0.4 is 0 Å². The number of aryl methyl sites for hydroxylation is 1. The van der Waals surface area contributed by atoms with Crippen molar-refractivity contribution in [2.24, 2.45) is 11.8 Å². The molecule has 0 unspecified atom stereocenters. The Labute approximate surface area is 107 Å². The van der Waals surface area contributed by atoms with Gasteiger partial charge in [0.1, 0.15) is 0 Å². The van der Waals surface area contributed by atoms with Gasteiger partial charge in [0.2, 0.25) is 10.0 Å². The van der Waals surface area contributed by atoms with Crippen molar-refractivity contribution in [2.45, 2.75) is 24.3 Å². The van der Waals surface area contributed by atoms with E-state index >= 15 is 0 Å². The molecule has 0 spiro atoms. The summed E-state index contributed by atoms with van der Waals surface area (Å²) in [7, 11) is -3.40. The molecule has 0 amide bonds. The zero-order valence-corrected chi connectivity index (χ0v) is 11.1. The van der Waals surface area contributed by atoms with E-state index in [1.54, 1.807) is 12.1 Å². The monoisotopic (exact) mass is 267 g/mol. The number of aliphatic hydroxyl groups is 1. The van der Waals surface area contributed by atoms with E-state index in [9.17, 15) is 13.5 Å². The summed E-state index contributed by atoms with van der Waals surface area (Å²) in [6.07, 6.45) is 0.428. The molecular formula is C13H17NO3S. The highest BCUT2D eigenvalue weighted by Crippen LogP contribution is 2.42. The van der Waals surface area contributed by atoms with Gasteiger partial charge in [-0.3, -0.25) is 0 Å². The summed E-state index contributed by atoms with van der Waals surface area (Å²) in [6, 6.07) is 7.05. The minimum atomic E-state index is -3.40. The Hall–Kier alpha value is -0.910. The molecule has 2 fully saturated rings. The summed E-state index contributed by atoms with van der Waals surface area (Å²) >= 11 is 0. The number of hydrogen-bond donors (Lipinski definition) is 1. The average Bonchev–Trinajstić information content (AvgIpc) is 2.67. The van der Waals surface area contributed by atoms with E-state index in [2.05, 4.69) is 0 Å². The smallest absolute Gasteiger partial charge is 0.243 e. The van der Waals surface area contributed by atoms with Crippen molar-refractivity contribution in [1.29, 1.82) is 0 Å². The number of benzene rings is 1. The van der Waals surface area contributed by atoms with Crippen molar-refractivity contribution in [2.75, 3.05) is 13.1 Å². The minimum absolute atomic E-state index is 0.142. The molecule has 1 heterocycles. The average molecular weight is 267 g/mol. The van der Waals surface area contributed by atoms with E-state index in [-0.39, 0.29) is 12.0 Å². The van der Waals surface area contributed by atoms with E-state index < -0.39 is 10.0 Å². The molecule has 0 bridgehead atoms. The first-order valence-electron chi connectivity index (χ1n) is 6.24. The van der Waals surface area contributed by atoms with Crippen molar-refractivity contribution in [3.8, 4) is 0 Å². The van der Waals surface area contributed by atoms with Gasteiger partial charge in [-0.05, 0) is 30.9 Å². The summed E-state index contributed by atoms with van der Waals surface area (Å²) < 4.78 is 26.6. The van der Waals surface area contributed by atoms with Gasteiger partial charge in [-0.25, -0.2) is 8.42 Å². The fourth-order valence-corrected chi connectivity index (χ4v) is 4.77. The Morgan fingerprint density at radius 2 is 2.00 bits per heavy atom. The number of rotatable bonds is 2. The highest BCUT2D eigenvalue weighted by atomic mass is 32.2. The predicted molar refractivity (Wildman–Crippen MR) is 67.5 cm³/mol. The maximum absolute atomic E-state index is 12.5. The van der Waals surface area contributed by atoms with Crippen molar-refractivity contribution in [1.82, 2.24) is 4.31 Å². The van der Waals surface area contributed by atoms with Crippen molar-refractivity contribution >= 4 is 10.0 Å². The molecule has 1 saturated heterocycles. The molecule has 3 atom stereocenters. The van der Waals surface area contributed by atoms with Crippen molar-refractivity contribution in [3.05, 3.63) is 29.8 Å². The van der Waals surface area contributed by atoms with Crippen LogP contribution >= 0.6 is 0 Å². The molecule has 1 aromatic rings. The largest absolute Gasteiger partial charge is 0.393 e. The molecule has 98 valence electrons. The molecule has 1 N–H and O–H groups in total. The standard InChI is InChI=1S/C13H17NO3S/c1-9-4-2-3-5-13(9)18(16,17)14-7-10-6-12(15)11(10)8-14/h2-5,10-12,15H,6-8H2,1H3/t10-,11+,12+/m1/s1. The molecule has 2 aliphatic rings. The fourth-order valence-electron chi connectivity index (χ4n) is 3.01. The fraction of sp³-hybridized carbons (Fsp3) is 0.538. The van der Waals surface area contributed by atoms with E-state index in [1.165, 1.54) is 4.31 Å². The first-order valence-corrected chi connectivity index (χ1v) is 7.68. The van der Waals surface area contributed by atoms with Gasteiger partial charge in [0.15, 0.2) is 0 Å². The summed E-state index contributed by atoms with van der Waals surface area (Å²) in [5, 5.41) is 9.61. The Balaban J connectivity index is 1.90. The third kappa shape index (κ3) is 1.69. The zero-order chi connectivity index (χ0) is 12.9. The van der Waals surface area contributed by atoms with Crippen LogP contribution in [0.25, 0.3) is 0 Å². The van der Waals surface area contributed by atoms with Crippen LogP contribution in [0, 0.1) is 18.8 Å².